The number of nitrogens with zero attached hydrogens (tertiary/aromatic N) is 2. The summed E-state index contributed by atoms with van der Waals surface area (Å²) in [4.78, 5) is 18.1. The quantitative estimate of drug-likeness (QED) is 0.796. The standard InChI is InChI=1S/C14H18N4O2S/c1-18(6-10-8-21-9-16-10)7-14(19)17-13-4-3-11(20-2)5-12(13)15/h3-5,8-9H,6-7,15H2,1-2H3,(H,17,19). The van der Waals surface area contributed by atoms with E-state index in [-0.39, 0.29) is 12.5 Å². The van der Waals surface area contributed by atoms with E-state index in [0.29, 0.717) is 23.7 Å². The molecule has 6 nitrogen and oxygen atoms in total. The number of aromatic nitrogens is 1. The summed E-state index contributed by atoms with van der Waals surface area (Å²) in [7, 11) is 3.44. The Hall–Kier alpha value is -2.12. The molecule has 2 rings (SSSR count). The van der Waals surface area contributed by atoms with Crippen molar-refractivity contribution in [3.63, 3.8) is 0 Å². The average molecular weight is 306 g/mol. The largest absolute Gasteiger partial charge is 0.497 e. The van der Waals surface area contributed by atoms with Gasteiger partial charge in [-0.1, -0.05) is 0 Å². The van der Waals surface area contributed by atoms with Crippen LogP contribution >= 0.6 is 11.3 Å². The van der Waals surface area contributed by atoms with Crippen LogP contribution < -0.4 is 15.8 Å². The van der Waals surface area contributed by atoms with Crippen LogP contribution in [0.25, 0.3) is 0 Å². The van der Waals surface area contributed by atoms with Crippen LogP contribution in [0.2, 0.25) is 0 Å². The molecule has 1 amide bonds. The van der Waals surface area contributed by atoms with Crippen molar-refractivity contribution in [3.8, 4) is 5.75 Å². The molecule has 0 atom stereocenters. The third-order valence-electron chi connectivity index (χ3n) is 2.86. The fraction of sp³-hybridized carbons (Fsp3) is 0.286. The minimum Gasteiger partial charge on any atom is -0.497 e. The molecule has 0 aliphatic carbocycles. The fourth-order valence-electron chi connectivity index (χ4n) is 1.86. The van der Waals surface area contributed by atoms with Crippen molar-refractivity contribution in [2.24, 2.45) is 0 Å². The van der Waals surface area contributed by atoms with E-state index < -0.39 is 0 Å². The number of carbonyl (C=O) groups excluding carboxylic acids is 1. The Labute approximate surface area is 127 Å². The summed E-state index contributed by atoms with van der Waals surface area (Å²) in [5, 5.41) is 4.76. The van der Waals surface area contributed by atoms with Gasteiger partial charge in [-0.15, -0.1) is 11.3 Å². The lowest BCUT2D eigenvalue weighted by Crippen LogP contribution is -2.30. The SMILES string of the molecule is COc1ccc(NC(=O)CN(C)Cc2cscn2)c(N)c1. The van der Waals surface area contributed by atoms with Crippen LogP contribution in [-0.2, 0) is 11.3 Å². The van der Waals surface area contributed by atoms with Crippen LogP contribution in [0, 0.1) is 0 Å². The van der Waals surface area contributed by atoms with E-state index in [4.69, 9.17) is 10.5 Å². The molecule has 0 saturated carbocycles. The summed E-state index contributed by atoms with van der Waals surface area (Å²) in [6.07, 6.45) is 0. The lowest BCUT2D eigenvalue weighted by Gasteiger charge is -2.15. The molecule has 1 heterocycles. The molecule has 0 fully saturated rings. The van der Waals surface area contributed by atoms with E-state index in [9.17, 15) is 4.79 Å². The topological polar surface area (TPSA) is 80.5 Å². The van der Waals surface area contributed by atoms with Crippen LogP contribution in [0.1, 0.15) is 5.69 Å². The van der Waals surface area contributed by atoms with Crippen molar-refractivity contribution in [1.82, 2.24) is 9.88 Å². The minimum atomic E-state index is -0.121. The van der Waals surface area contributed by atoms with Crippen LogP contribution in [0.3, 0.4) is 0 Å². The number of carbonyl (C=O) groups is 1. The Morgan fingerprint density at radius 3 is 2.95 bits per heavy atom. The van der Waals surface area contributed by atoms with Gasteiger partial charge in [0, 0.05) is 18.0 Å². The Morgan fingerprint density at radius 1 is 1.52 bits per heavy atom. The molecular formula is C14H18N4O2S. The van der Waals surface area contributed by atoms with Crippen molar-refractivity contribution in [3.05, 3.63) is 34.8 Å². The molecule has 0 aliphatic rings. The maximum Gasteiger partial charge on any atom is 0.238 e. The highest BCUT2D eigenvalue weighted by molar-refractivity contribution is 7.07. The summed E-state index contributed by atoms with van der Waals surface area (Å²) in [5.41, 5.74) is 9.67. The van der Waals surface area contributed by atoms with Crippen molar-refractivity contribution in [2.75, 3.05) is 31.8 Å². The molecule has 2 aromatic rings. The number of rotatable bonds is 6. The number of benzene rings is 1. The maximum atomic E-state index is 12.0. The van der Waals surface area contributed by atoms with Gasteiger partial charge in [0.2, 0.25) is 5.91 Å². The number of hydrogen-bond donors (Lipinski definition) is 2. The highest BCUT2D eigenvalue weighted by atomic mass is 32.1. The highest BCUT2D eigenvalue weighted by Crippen LogP contribution is 2.23. The molecule has 0 aliphatic heterocycles. The first-order valence-electron chi connectivity index (χ1n) is 6.37. The first-order valence-corrected chi connectivity index (χ1v) is 7.31. The molecule has 0 unspecified atom stereocenters. The number of hydrogen-bond acceptors (Lipinski definition) is 6. The number of nitrogens with one attached hydrogen (secondary N) is 1. The lowest BCUT2D eigenvalue weighted by atomic mass is 10.2. The summed E-state index contributed by atoms with van der Waals surface area (Å²) in [6, 6.07) is 5.16. The predicted octanol–water partition coefficient (Wildman–Crippen LogP) is 1.80. The van der Waals surface area contributed by atoms with E-state index in [1.165, 1.54) is 0 Å². The summed E-state index contributed by atoms with van der Waals surface area (Å²) >= 11 is 1.54. The molecule has 1 aromatic heterocycles. The second-order valence-corrected chi connectivity index (χ2v) is 5.37. The van der Waals surface area contributed by atoms with Crippen molar-refractivity contribution >= 4 is 28.6 Å². The van der Waals surface area contributed by atoms with Gasteiger partial charge in [-0.3, -0.25) is 9.69 Å². The smallest absolute Gasteiger partial charge is 0.238 e. The van der Waals surface area contributed by atoms with E-state index in [1.807, 2.05) is 17.3 Å². The monoisotopic (exact) mass is 306 g/mol. The maximum absolute atomic E-state index is 12.0. The van der Waals surface area contributed by atoms with E-state index >= 15 is 0 Å². The third kappa shape index (κ3) is 4.44. The van der Waals surface area contributed by atoms with Crippen molar-refractivity contribution in [1.29, 1.82) is 0 Å². The third-order valence-corrected chi connectivity index (χ3v) is 3.50. The van der Waals surface area contributed by atoms with E-state index in [1.54, 1.807) is 42.2 Å². The van der Waals surface area contributed by atoms with Crippen LogP contribution in [-0.4, -0.2) is 36.5 Å². The van der Waals surface area contributed by atoms with Crippen LogP contribution in [0.15, 0.2) is 29.1 Å². The predicted molar refractivity (Wildman–Crippen MR) is 84.5 cm³/mol. The van der Waals surface area contributed by atoms with Gasteiger partial charge < -0.3 is 15.8 Å². The molecule has 0 bridgehead atoms. The molecule has 21 heavy (non-hydrogen) atoms. The normalized spacial score (nSPS) is 10.6. The number of anilines is 2. The van der Waals surface area contributed by atoms with Gasteiger partial charge >= 0.3 is 0 Å². The van der Waals surface area contributed by atoms with Gasteiger partial charge in [0.05, 0.1) is 36.2 Å². The minimum absolute atomic E-state index is 0.121. The Balaban J connectivity index is 1.89. The summed E-state index contributed by atoms with van der Waals surface area (Å²) in [6.45, 7) is 0.901. The summed E-state index contributed by atoms with van der Waals surface area (Å²) < 4.78 is 5.07. The van der Waals surface area contributed by atoms with Crippen molar-refractivity contribution in [2.45, 2.75) is 6.54 Å². The zero-order valence-corrected chi connectivity index (χ0v) is 12.8. The molecule has 1 aromatic carbocycles. The van der Waals surface area contributed by atoms with E-state index in [2.05, 4.69) is 10.3 Å². The number of thiazole rings is 1. The molecule has 0 saturated heterocycles. The van der Waals surface area contributed by atoms with Gasteiger partial charge in [0.1, 0.15) is 5.75 Å². The van der Waals surface area contributed by atoms with Gasteiger partial charge in [-0.25, -0.2) is 4.98 Å². The Morgan fingerprint density at radius 2 is 2.33 bits per heavy atom. The Bertz CT molecular complexity index is 601. The molecule has 3 N–H and O–H groups in total. The second kappa shape index (κ2) is 7.05. The van der Waals surface area contributed by atoms with Crippen molar-refractivity contribution < 1.29 is 9.53 Å². The zero-order valence-electron chi connectivity index (χ0n) is 12.0. The lowest BCUT2D eigenvalue weighted by molar-refractivity contribution is -0.117. The average Bonchev–Trinajstić information content (AvgIpc) is 2.93. The molecule has 0 radical (unpaired) electrons. The first kappa shape index (κ1) is 15.3. The van der Waals surface area contributed by atoms with Gasteiger partial charge in [0.25, 0.3) is 0 Å². The van der Waals surface area contributed by atoms with E-state index in [0.717, 1.165) is 5.69 Å². The number of nitrogens with two attached hydrogens (primary N) is 1. The second-order valence-electron chi connectivity index (χ2n) is 4.65. The highest BCUT2D eigenvalue weighted by Gasteiger charge is 2.10. The number of nitrogen functional groups attached to an aromatic ring is 1. The molecular weight excluding hydrogens is 288 g/mol. The molecule has 0 spiro atoms. The van der Waals surface area contributed by atoms with Gasteiger partial charge in [-0.05, 0) is 19.2 Å². The first-order chi connectivity index (χ1) is 10.1. The van der Waals surface area contributed by atoms with Crippen LogP contribution in [0.4, 0.5) is 11.4 Å². The van der Waals surface area contributed by atoms with Gasteiger partial charge in [0.15, 0.2) is 0 Å². The fourth-order valence-corrected chi connectivity index (χ4v) is 2.41. The molecule has 112 valence electrons. The van der Waals surface area contributed by atoms with Gasteiger partial charge in [-0.2, -0.15) is 0 Å². The zero-order chi connectivity index (χ0) is 15.2. The summed E-state index contributed by atoms with van der Waals surface area (Å²) in [5.74, 6) is 0.538. The molecule has 7 heteroatoms. The number of methoxy groups -OCH3 is 1. The number of amides is 1. The van der Waals surface area contributed by atoms with Crippen LogP contribution in [0.5, 0.6) is 5.75 Å². The Kier molecular flexibility index (Phi) is 5.13. The number of likely N-dealkylation sites (N-methyl/N-ethyl adjacent to an activating group) is 1. The number of ether oxygens (including phenoxy) is 1.